The minimum atomic E-state index is -0.677. The van der Waals surface area contributed by atoms with Gasteiger partial charge in [0.05, 0.1) is 43.1 Å². The summed E-state index contributed by atoms with van der Waals surface area (Å²) in [6.45, 7) is 5.02. The molecule has 0 spiro atoms. The number of nitrogens with one attached hydrogen (secondary N) is 1. The van der Waals surface area contributed by atoms with E-state index < -0.39 is 6.09 Å². The van der Waals surface area contributed by atoms with Crippen molar-refractivity contribution < 1.29 is 23.9 Å². The maximum absolute atomic E-state index is 13.7. The quantitative estimate of drug-likeness (QED) is 0.0966. The summed E-state index contributed by atoms with van der Waals surface area (Å²) in [4.78, 5) is 52.3. The number of fused-ring (bicyclic) bond motifs is 1. The molecule has 2 aromatic heterocycles. The standard InChI is InChI=1S/C35H43N7O5/c1-4-6-7-10-22-47-35(45)40-33(36)25-12-11-13-27(17-15-25)38-24-31-39-28-23-26(16-18-29(28)41(31)3)34(44)42(21-19-32(43)46-5-2)30-14-8-9-20-37-30/h8-9,11-18,20,23,25,38H,4-7,10,19,21-22,24H2,1-3H3,(H2,36,40,45). The Balaban J connectivity index is 1.40. The second-order valence-corrected chi connectivity index (χ2v) is 10.9. The van der Waals surface area contributed by atoms with Crippen LogP contribution in [0, 0.1) is 5.92 Å². The van der Waals surface area contributed by atoms with E-state index in [0.717, 1.165) is 42.7 Å². The van der Waals surface area contributed by atoms with Crippen LogP contribution in [-0.2, 0) is 27.9 Å². The first-order valence-corrected chi connectivity index (χ1v) is 16.0. The lowest BCUT2D eigenvalue weighted by Gasteiger charge is -2.21. The number of amides is 2. The van der Waals surface area contributed by atoms with Crippen LogP contribution >= 0.6 is 0 Å². The number of benzene rings is 1. The molecular weight excluding hydrogens is 598 g/mol. The van der Waals surface area contributed by atoms with Gasteiger partial charge in [0.1, 0.15) is 17.5 Å². The Hall–Kier alpha value is -5.26. The van der Waals surface area contributed by atoms with Gasteiger partial charge in [-0.3, -0.25) is 14.5 Å². The largest absolute Gasteiger partial charge is 0.466 e. The fourth-order valence-electron chi connectivity index (χ4n) is 4.97. The third-order valence-corrected chi connectivity index (χ3v) is 7.55. The van der Waals surface area contributed by atoms with Gasteiger partial charge in [-0.15, -0.1) is 0 Å². The molecule has 4 rings (SSSR count). The summed E-state index contributed by atoms with van der Waals surface area (Å²) in [7, 11) is 1.92. The zero-order valence-electron chi connectivity index (χ0n) is 27.2. The molecule has 0 bridgehead atoms. The molecule has 248 valence electrons. The molecule has 2 heterocycles. The molecule has 3 N–H and O–H groups in total. The number of hydrogen-bond acceptors (Lipinski definition) is 8. The van der Waals surface area contributed by atoms with E-state index in [1.54, 1.807) is 43.5 Å². The molecule has 2 amide bonds. The lowest BCUT2D eigenvalue weighted by molar-refractivity contribution is -0.142. The topological polar surface area (TPSA) is 154 Å². The van der Waals surface area contributed by atoms with Crippen molar-refractivity contribution in [2.24, 2.45) is 23.7 Å². The Morgan fingerprint density at radius 1 is 1.09 bits per heavy atom. The number of aromatic nitrogens is 3. The van der Waals surface area contributed by atoms with Crippen molar-refractivity contribution in [2.45, 2.75) is 52.5 Å². The van der Waals surface area contributed by atoms with E-state index in [4.69, 9.17) is 20.2 Å². The SMILES string of the molecule is CCCCCCOC(=O)/N=C(/N)C1C=CC=C(NCc2nc3cc(C(=O)N(CCC(=O)OCC)c4ccccn4)ccc3n2C)C=C1. The van der Waals surface area contributed by atoms with E-state index in [2.05, 4.69) is 22.2 Å². The highest BCUT2D eigenvalue weighted by atomic mass is 16.5. The first kappa shape index (κ1) is 34.6. The minimum absolute atomic E-state index is 0.0448. The number of aliphatic imine (C=N–C) groups is 1. The number of pyridine rings is 1. The van der Waals surface area contributed by atoms with Crippen LogP contribution in [0.5, 0.6) is 0 Å². The molecule has 1 aromatic carbocycles. The van der Waals surface area contributed by atoms with Gasteiger partial charge in [-0.1, -0.05) is 50.5 Å². The summed E-state index contributed by atoms with van der Waals surface area (Å²) < 4.78 is 12.2. The first-order valence-electron chi connectivity index (χ1n) is 16.0. The van der Waals surface area contributed by atoms with Crippen LogP contribution in [-0.4, -0.2) is 58.1 Å². The zero-order chi connectivity index (χ0) is 33.6. The van der Waals surface area contributed by atoms with Crippen molar-refractivity contribution in [1.29, 1.82) is 0 Å². The van der Waals surface area contributed by atoms with Crippen molar-refractivity contribution >= 4 is 40.7 Å². The molecule has 47 heavy (non-hydrogen) atoms. The Labute approximate surface area is 275 Å². The molecular formula is C35H43N7O5. The van der Waals surface area contributed by atoms with Crippen LogP contribution in [0.1, 0.15) is 62.1 Å². The Morgan fingerprint density at radius 2 is 1.94 bits per heavy atom. The highest BCUT2D eigenvalue weighted by molar-refractivity contribution is 6.07. The van der Waals surface area contributed by atoms with Crippen LogP contribution < -0.4 is 16.0 Å². The number of nitrogens with two attached hydrogens (primary N) is 1. The second-order valence-electron chi connectivity index (χ2n) is 10.9. The van der Waals surface area contributed by atoms with E-state index in [1.165, 1.54) is 4.90 Å². The monoisotopic (exact) mass is 641 g/mol. The number of anilines is 1. The lowest BCUT2D eigenvalue weighted by atomic mass is 10.1. The van der Waals surface area contributed by atoms with E-state index in [-0.39, 0.29) is 43.2 Å². The van der Waals surface area contributed by atoms with Gasteiger partial charge < -0.3 is 25.1 Å². The fourth-order valence-corrected chi connectivity index (χ4v) is 4.97. The third kappa shape index (κ3) is 9.86. The van der Waals surface area contributed by atoms with Gasteiger partial charge in [-0.25, -0.2) is 14.8 Å². The second kappa shape index (κ2) is 17.4. The van der Waals surface area contributed by atoms with Gasteiger partial charge in [0.15, 0.2) is 0 Å². The number of aryl methyl sites for hydroxylation is 1. The van der Waals surface area contributed by atoms with Crippen molar-refractivity contribution in [3.8, 4) is 0 Å². The Bertz CT molecular complexity index is 1660. The molecule has 1 unspecified atom stereocenters. The van der Waals surface area contributed by atoms with Gasteiger partial charge in [0.25, 0.3) is 5.91 Å². The smallest absolute Gasteiger partial charge is 0.435 e. The van der Waals surface area contributed by atoms with Gasteiger partial charge >= 0.3 is 12.1 Å². The number of hydrogen-bond donors (Lipinski definition) is 2. The molecule has 12 heteroatoms. The number of carbonyl (C=O) groups is 3. The predicted octanol–water partition coefficient (Wildman–Crippen LogP) is 5.36. The average molecular weight is 642 g/mol. The summed E-state index contributed by atoms with van der Waals surface area (Å²) in [5.74, 6) is 0.336. The normalized spacial score (nSPS) is 14.4. The number of ether oxygens (including phenoxy) is 2. The number of imidazole rings is 1. The molecule has 0 radical (unpaired) electrons. The summed E-state index contributed by atoms with van der Waals surface area (Å²) in [5, 5.41) is 3.38. The molecule has 0 fully saturated rings. The minimum Gasteiger partial charge on any atom is -0.466 e. The highest BCUT2D eigenvalue weighted by Gasteiger charge is 2.21. The number of unbranched alkanes of at least 4 members (excludes halogenated alkanes) is 3. The van der Waals surface area contributed by atoms with Gasteiger partial charge in [0.2, 0.25) is 0 Å². The van der Waals surface area contributed by atoms with E-state index >= 15 is 0 Å². The van der Waals surface area contributed by atoms with Crippen LogP contribution in [0.3, 0.4) is 0 Å². The maximum Gasteiger partial charge on any atom is 0.435 e. The van der Waals surface area contributed by atoms with E-state index in [0.29, 0.717) is 30.0 Å². The predicted molar refractivity (Wildman–Crippen MR) is 182 cm³/mol. The summed E-state index contributed by atoms with van der Waals surface area (Å²) in [6, 6.07) is 10.6. The molecule has 1 aliphatic carbocycles. The molecule has 1 aliphatic rings. The molecule has 1 atom stereocenters. The molecule has 0 aliphatic heterocycles. The number of esters is 1. The number of carbonyl (C=O) groups excluding carboxylic acids is 3. The van der Waals surface area contributed by atoms with E-state index in [1.807, 2.05) is 48.1 Å². The molecule has 12 nitrogen and oxygen atoms in total. The van der Waals surface area contributed by atoms with E-state index in [9.17, 15) is 14.4 Å². The number of rotatable bonds is 15. The third-order valence-electron chi connectivity index (χ3n) is 7.55. The molecule has 0 saturated carbocycles. The van der Waals surface area contributed by atoms with Crippen LogP contribution in [0.25, 0.3) is 11.0 Å². The van der Waals surface area contributed by atoms with Crippen LogP contribution in [0.4, 0.5) is 10.6 Å². The van der Waals surface area contributed by atoms with Crippen LogP contribution in [0.15, 0.2) is 83.7 Å². The summed E-state index contributed by atoms with van der Waals surface area (Å²) in [5.41, 5.74) is 8.88. The zero-order valence-corrected chi connectivity index (χ0v) is 27.2. The Morgan fingerprint density at radius 3 is 2.70 bits per heavy atom. The lowest BCUT2D eigenvalue weighted by Crippen LogP contribution is -2.34. The molecule has 3 aromatic rings. The summed E-state index contributed by atoms with van der Waals surface area (Å²) >= 11 is 0. The summed E-state index contributed by atoms with van der Waals surface area (Å²) in [6.07, 6.45) is 14.4. The number of nitrogens with zero attached hydrogens (tertiary/aromatic N) is 5. The van der Waals surface area contributed by atoms with Crippen LogP contribution in [0.2, 0.25) is 0 Å². The first-order chi connectivity index (χ1) is 22.8. The van der Waals surface area contributed by atoms with Gasteiger partial charge in [-0.2, -0.15) is 4.99 Å². The average Bonchev–Trinajstić information content (AvgIpc) is 3.21. The number of amidine groups is 1. The fraction of sp³-hybridized carbons (Fsp3) is 0.371. The Kier molecular flexibility index (Phi) is 12.8. The van der Waals surface area contributed by atoms with Gasteiger partial charge in [-0.05, 0) is 55.8 Å². The maximum atomic E-state index is 13.7. The van der Waals surface area contributed by atoms with Gasteiger partial charge in [0, 0.05) is 31.0 Å². The van der Waals surface area contributed by atoms with Crippen molar-refractivity contribution in [1.82, 2.24) is 19.9 Å². The molecule has 0 saturated heterocycles. The van der Waals surface area contributed by atoms with Crippen molar-refractivity contribution in [3.05, 3.63) is 90.1 Å². The highest BCUT2D eigenvalue weighted by Crippen LogP contribution is 2.21. The number of allylic oxidation sites excluding steroid dienone is 3. The van der Waals surface area contributed by atoms with Crippen molar-refractivity contribution in [3.63, 3.8) is 0 Å². The van der Waals surface area contributed by atoms with Crippen molar-refractivity contribution in [2.75, 3.05) is 24.7 Å².